The van der Waals surface area contributed by atoms with Crippen LogP contribution in [0.2, 0.25) is 0 Å². The Morgan fingerprint density at radius 2 is 2.05 bits per heavy atom. The van der Waals surface area contributed by atoms with Gasteiger partial charge in [0, 0.05) is 12.6 Å². The third-order valence-corrected chi connectivity index (χ3v) is 3.16. The number of nitrogens with zero attached hydrogens (tertiary/aromatic N) is 1. The van der Waals surface area contributed by atoms with E-state index in [1.54, 1.807) is 19.1 Å². The molecule has 0 saturated carbocycles. The van der Waals surface area contributed by atoms with Crippen molar-refractivity contribution in [3.05, 3.63) is 53.2 Å². The molecular weight excluding hydrogens is 289 g/mol. The van der Waals surface area contributed by atoms with Crippen LogP contribution in [0.3, 0.4) is 0 Å². The van der Waals surface area contributed by atoms with Crippen molar-refractivity contribution in [1.29, 1.82) is 0 Å². The van der Waals surface area contributed by atoms with E-state index in [1.807, 2.05) is 0 Å². The van der Waals surface area contributed by atoms with Crippen molar-refractivity contribution in [2.75, 3.05) is 6.54 Å². The van der Waals surface area contributed by atoms with E-state index in [9.17, 15) is 14.0 Å². The second kappa shape index (κ2) is 6.84. The summed E-state index contributed by atoms with van der Waals surface area (Å²) in [6.45, 7) is 1.76. The smallest absolute Gasteiger partial charge is 0.289 e. The molecule has 2 amide bonds. The molecule has 0 saturated heterocycles. The van der Waals surface area contributed by atoms with Gasteiger partial charge in [0.1, 0.15) is 5.82 Å². The molecule has 1 atom stereocenters. The molecule has 0 fully saturated rings. The minimum Gasteiger partial charge on any atom is -0.369 e. The van der Waals surface area contributed by atoms with Crippen LogP contribution in [-0.4, -0.2) is 23.5 Å². The van der Waals surface area contributed by atoms with Gasteiger partial charge in [0.2, 0.25) is 11.7 Å². The maximum atomic E-state index is 12.9. The van der Waals surface area contributed by atoms with Crippen molar-refractivity contribution in [2.45, 2.75) is 13.3 Å². The lowest BCUT2D eigenvalue weighted by molar-refractivity contribution is -0.121. The van der Waals surface area contributed by atoms with Gasteiger partial charge in [-0.15, -0.1) is 0 Å². The molecule has 0 aliphatic heterocycles. The van der Waals surface area contributed by atoms with Crippen LogP contribution in [0.25, 0.3) is 0 Å². The number of aromatic nitrogens is 1. The van der Waals surface area contributed by atoms with Crippen molar-refractivity contribution < 1.29 is 18.5 Å². The molecule has 2 rings (SSSR count). The quantitative estimate of drug-likeness (QED) is 0.837. The summed E-state index contributed by atoms with van der Waals surface area (Å²) in [6.07, 6.45) is 0.311. The summed E-state index contributed by atoms with van der Waals surface area (Å²) in [5.74, 6) is -1.89. The standard InChI is InChI=1S/C15H16FN3O3/c1-9-6-13(22-19-9)15(21)18-8-11(14(17)20)7-10-2-4-12(16)5-3-10/h2-6,11H,7-8H2,1H3,(H2,17,20)(H,18,21)/t11-/m0/s1. The highest BCUT2D eigenvalue weighted by Crippen LogP contribution is 2.10. The molecule has 0 spiro atoms. The van der Waals surface area contributed by atoms with Crippen molar-refractivity contribution in [3.63, 3.8) is 0 Å². The molecule has 0 aliphatic rings. The van der Waals surface area contributed by atoms with Crippen LogP contribution in [0.15, 0.2) is 34.9 Å². The normalized spacial score (nSPS) is 11.9. The van der Waals surface area contributed by atoms with E-state index >= 15 is 0 Å². The fraction of sp³-hybridized carbons (Fsp3) is 0.267. The number of benzene rings is 1. The minimum atomic E-state index is -0.599. The van der Waals surface area contributed by atoms with Crippen LogP contribution in [0.4, 0.5) is 4.39 Å². The second-order valence-electron chi connectivity index (χ2n) is 4.97. The van der Waals surface area contributed by atoms with E-state index in [2.05, 4.69) is 10.5 Å². The van der Waals surface area contributed by atoms with E-state index in [4.69, 9.17) is 10.3 Å². The molecule has 3 N–H and O–H groups in total. The first-order valence-electron chi connectivity index (χ1n) is 6.71. The number of aryl methyl sites for hydroxylation is 1. The third-order valence-electron chi connectivity index (χ3n) is 3.16. The van der Waals surface area contributed by atoms with Gasteiger partial charge in [0.25, 0.3) is 5.91 Å². The summed E-state index contributed by atoms with van der Waals surface area (Å²) in [7, 11) is 0. The highest BCUT2D eigenvalue weighted by Gasteiger charge is 2.19. The van der Waals surface area contributed by atoms with Crippen LogP contribution in [0.1, 0.15) is 21.8 Å². The summed E-state index contributed by atoms with van der Waals surface area (Å²) < 4.78 is 17.7. The van der Waals surface area contributed by atoms with Crippen molar-refractivity contribution in [1.82, 2.24) is 10.5 Å². The van der Waals surface area contributed by atoms with Crippen LogP contribution in [0, 0.1) is 18.7 Å². The van der Waals surface area contributed by atoms with Gasteiger partial charge in [-0.25, -0.2) is 4.39 Å². The number of carbonyl (C=O) groups is 2. The molecule has 7 heteroatoms. The Balaban J connectivity index is 1.95. The molecule has 1 heterocycles. The van der Waals surface area contributed by atoms with Gasteiger partial charge in [0.15, 0.2) is 0 Å². The topological polar surface area (TPSA) is 98.2 Å². The number of carbonyl (C=O) groups excluding carboxylic acids is 2. The number of primary amides is 1. The lowest BCUT2D eigenvalue weighted by Gasteiger charge is -2.13. The largest absolute Gasteiger partial charge is 0.369 e. The molecule has 1 aromatic heterocycles. The Bertz CT molecular complexity index is 667. The monoisotopic (exact) mass is 305 g/mol. The summed E-state index contributed by atoms with van der Waals surface area (Å²) in [6, 6.07) is 7.26. The number of hydrogen-bond acceptors (Lipinski definition) is 4. The van der Waals surface area contributed by atoms with Gasteiger partial charge >= 0.3 is 0 Å². The number of nitrogens with two attached hydrogens (primary N) is 1. The number of halogens is 1. The van der Waals surface area contributed by atoms with E-state index < -0.39 is 17.7 Å². The zero-order valence-electron chi connectivity index (χ0n) is 12.0. The van der Waals surface area contributed by atoms with Crippen molar-refractivity contribution in [3.8, 4) is 0 Å². The Kier molecular flexibility index (Phi) is 4.88. The average Bonchev–Trinajstić information content (AvgIpc) is 2.91. The number of nitrogens with one attached hydrogen (secondary N) is 1. The molecule has 2 aromatic rings. The molecule has 116 valence electrons. The Morgan fingerprint density at radius 1 is 1.36 bits per heavy atom. The summed E-state index contributed by atoms with van der Waals surface area (Å²) in [5, 5.41) is 6.19. The van der Waals surface area contributed by atoms with E-state index in [0.717, 1.165) is 5.56 Å². The SMILES string of the molecule is Cc1cc(C(=O)NC[C@H](Cc2ccc(F)cc2)C(N)=O)on1. The minimum absolute atomic E-state index is 0.0608. The molecule has 0 radical (unpaired) electrons. The van der Waals surface area contributed by atoms with Crippen LogP contribution in [0.5, 0.6) is 0 Å². The predicted octanol–water partition coefficient (Wildman–Crippen LogP) is 1.20. The lowest BCUT2D eigenvalue weighted by atomic mass is 9.98. The molecule has 6 nitrogen and oxygen atoms in total. The molecule has 0 aliphatic carbocycles. The molecule has 0 bridgehead atoms. The molecule has 1 aromatic carbocycles. The second-order valence-corrected chi connectivity index (χ2v) is 4.97. The predicted molar refractivity (Wildman–Crippen MR) is 76.4 cm³/mol. The zero-order valence-corrected chi connectivity index (χ0v) is 12.0. The van der Waals surface area contributed by atoms with Gasteiger partial charge in [-0.3, -0.25) is 9.59 Å². The third kappa shape index (κ3) is 4.15. The van der Waals surface area contributed by atoms with Gasteiger partial charge in [-0.05, 0) is 31.0 Å². The van der Waals surface area contributed by atoms with Crippen LogP contribution >= 0.6 is 0 Å². The maximum absolute atomic E-state index is 12.9. The molecule has 0 unspecified atom stereocenters. The van der Waals surface area contributed by atoms with Gasteiger partial charge in [-0.2, -0.15) is 0 Å². The van der Waals surface area contributed by atoms with Crippen LogP contribution < -0.4 is 11.1 Å². The fourth-order valence-electron chi connectivity index (χ4n) is 1.95. The van der Waals surface area contributed by atoms with Gasteiger partial charge in [-0.1, -0.05) is 17.3 Å². The highest BCUT2D eigenvalue weighted by atomic mass is 19.1. The van der Waals surface area contributed by atoms with E-state index in [1.165, 1.54) is 18.2 Å². The highest BCUT2D eigenvalue weighted by molar-refractivity contribution is 5.91. The van der Waals surface area contributed by atoms with Crippen molar-refractivity contribution in [2.24, 2.45) is 11.7 Å². The molecular formula is C15H16FN3O3. The fourth-order valence-corrected chi connectivity index (χ4v) is 1.95. The average molecular weight is 305 g/mol. The first-order chi connectivity index (χ1) is 10.5. The number of hydrogen-bond donors (Lipinski definition) is 2. The van der Waals surface area contributed by atoms with E-state index in [-0.39, 0.29) is 18.1 Å². The van der Waals surface area contributed by atoms with Gasteiger partial charge in [0.05, 0.1) is 11.6 Å². The summed E-state index contributed by atoms with van der Waals surface area (Å²) >= 11 is 0. The van der Waals surface area contributed by atoms with Crippen molar-refractivity contribution >= 4 is 11.8 Å². The number of rotatable bonds is 6. The summed E-state index contributed by atoms with van der Waals surface area (Å²) in [5.41, 5.74) is 6.69. The Labute approximate surface area is 126 Å². The Hall–Kier alpha value is -2.70. The lowest BCUT2D eigenvalue weighted by Crippen LogP contribution is -2.37. The molecule has 22 heavy (non-hydrogen) atoms. The van der Waals surface area contributed by atoms with Crippen LogP contribution in [-0.2, 0) is 11.2 Å². The first kappa shape index (κ1) is 15.7. The number of amides is 2. The zero-order chi connectivity index (χ0) is 16.1. The Morgan fingerprint density at radius 3 is 2.59 bits per heavy atom. The first-order valence-corrected chi connectivity index (χ1v) is 6.71. The van der Waals surface area contributed by atoms with Gasteiger partial charge < -0.3 is 15.6 Å². The summed E-state index contributed by atoms with van der Waals surface area (Å²) in [4.78, 5) is 23.3. The maximum Gasteiger partial charge on any atom is 0.289 e. The van der Waals surface area contributed by atoms with E-state index in [0.29, 0.717) is 12.1 Å².